The van der Waals surface area contributed by atoms with E-state index in [2.05, 4.69) is 15.7 Å². The number of hydrogen-bond acceptors (Lipinski definition) is 5. The summed E-state index contributed by atoms with van der Waals surface area (Å²) in [5, 5.41) is 3.00. The van der Waals surface area contributed by atoms with Crippen molar-refractivity contribution in [2.75, 3.05) is 17.9 Å². The number of pyridine rings is 1. The largest absolute Gasteiger partial charge is 0.416 e. The lowest BCUT2D eigenvalue weighted by molar-refractivity contribution is -0.137. The van der Waals surface area contributed by atoms with Gasteiger partial charge in [-0.3, -0.25) is 0 Å². The molecular formula is C12H17F3N4O. The van der Waals surface area contributed by atoms with Crippen LogP contribution >= 0.6 is 0 Å². The third kappa shape index (κ3) is 3.31. The topological polar surface area (TPSA) is 72.2 Å². The van der Waals surface area contributed by atoms with Crippen LogP contribution in [0.4, 0.5) is 24.8 Å². The second-order valence-corrected chi connectivity index (χ2v) is 4.72. The maximum absolute atomic E-state index is 12.8. The van der Waals surface area contributed by atoms with Crippen LogP contribution in [-0.2, 0) is 10.9 Å². The fourth-order valence-corrected chi connectivity index (χ4v) is 2.41. The van der Waals surface area contributed by atoms with Gasteiger partial charge in [0.1, 0.15) is 11.6 Å². The van der Waals surface area contributed by atoms with Crippen LogP contribution in [0.3, 0.4) is 0 Å². The van der Waals surface area contributed by atoms with Crippen LogP contribution < -0.4 is 16.6 Å². The molecule has 1 saturated carbocycles. The van der Waals surface area contributed by atoms with Crippen molar-refractivity contribution < 1.29 is 17.9 Å². The number of halogens is 3. The van der Waals surface area contributed by atoms with Crippen LogP contribution in [0, 0.1) is 0 Å². The molecule has 2 unspecified atom stereocenters. The van der Waals surface area contributed by atoms with E-state index in [1.54, 1.807) is 7.11 Å². The highest BCUT2D eigenvalue weighted by Gasteiger charge is 2.33. The van der Waals surface area contributed by atoms with Gasteiger partial charge in [-0.15, -0.1) is 0 Å². The molecule has 2 atom stereocenters. The zero-order valence-electron chi connectivity index (χ0n) is 11.0. The molecule has 1 heterocycles. The number of hydrogen-bond donors (Lipinski definition) is 3. The standard InChI is InChI=1S/C12H17F3N4O/c1-20-9-4-2-3-8(9)17-10-5-7(12(13,14)15)6-11(18-10)19-16/h5-6,8-9H,2-4,16H2,1H3,(H2,17,18,19). The van der Waals surface area contributed by atoms with E-state index in [0.717, 1.165) is 31.4 Å². The highest BCUT2D eigenvalue weighted by molar-refractivity contribution is 5.49. The van der Waals surface area contributed by atoms with E-state index in [1.807, 2.05) is 0 Å². The fraction of sp³-hybridized carbons (Fsp3) is 0.583. The van der Waals surface area contributed by atoms with Crippen molar-refractivity contribution in [1.82, 2.24) is 4.98 Å². The van der Waals surface area contributed by atoms with Crippen LogP contribution in [0.5, 0.6) is 0 Å². The van der Waals surface area contributed by atoms with Crippen molar-refractivity contribution in [3.05, 3.63) is 17.7 Å². The summed E-state index contributed by atoms with van der Waals surface area (Å²) in [5.74, 6) is 5.27. The summed E-state index contributed by atoms with van der Waals surface area (Å²) in [6.45, 7) is 0. The van der Waals surface area contributed by atoms with E-state index in [4.69, 9.17) is 10.6 Å². The minimum atomic E-state index is -4.44. The van der Waals surface area contributed by atoms with Crippen LogP contribution in [0.2, 0.25) is 0 Å². The molecule has 0 radical (unpaired) electrons. The zero-order valence-corrected chi connectivity index (χ0v) is 11.0. The molecule has 0 saturated heterocycles. The molecule has 1 aliphatic carbocycles. The van der Waals surface area contributed by atoms with Crippen molar-refractivity contribution >= 4 is 11.6 Å². The average Bonchev–Trinajstić information content (AvgIpc) is 2.84. The van der Waals surface area contributed by atoms with Gasteiger partial charge in [-0.2, -0.15) is 13.2 Å². The fourth-order valence-electron chi connectivity index (χ4n) is 2.41. The SMILES string of the molecule is COC1CCCC1Nc1cc(C(F)(F)F)cc(NN)n1. The molecule has 0 spiro atoms. The van der Waals surface area contributed by atoms with E-state index >= 15 is 0 Å². The van der Waals surface area contributed by atoms with Gasteiger partial charge < -0.3 is 15.5 Å². The Morgan fingerprint density at radius 2 is 2.00 bits per heavy atom. The second kappa shape index (κ2) is 5.84. The third-order valence-corrected chi connectivity index (χ3v) is 3.39. The summed E-state index contributed by atoms with van der Waals surface area (Å²) in [7, 11) is 1.59. The average molecular weight is 290 g/mol. The van der Waals surface area contributed by atoms with Crippen molar-refractivity contribution in [3.63, 3.8) is 0 Å². The van der Waals surface area contributed by atoms with Gasteiger partial charge in [0.2, 0.25) is 0 Å². The molecule has 0 bridgehead atoms. The van der Waals surface area contributed by atoms with Gasteiger partial charge in [-0.25, -0.2) is 10.8 Å². The number of hydrazine groups is 1. The van der Waals surface area contributed by atoms with E-state index in [-0.39, 0.29) is 23.8 Å². The molecule has 0 amide bonds. The molecule has 8 heteroatoms. The Kier molecular flexibility index (Phi) is 4.34. The second-order valence-electron chi connectivity index (χ2n) is 4.72. The summed E-state index contributed by atoms with van der Waals surface area (Å²) in [6.07, 6.45) is -1.77. The van der Waals surface area contributed by atoms with Crippen molar-refractivity contribution in [2.45, 2.75) is 37.6 Å². The molecule has 112 valence electrons. The molecule has 0 aromatic carbocycles. The van der Waals surface area contributed by atoms with Gasteiger partial charge in [-0.05, 0) is 31.4 Å². The summed E-state index contributed by atoms with van der Waals surface area (Å²) in [5.41, 5.74) is 1.35. The quantitative estimate of drug-likeness (QED) is 0.586. The number of rotatable bonds is 4. The van der Waals surface area contributed by atoms with E-state index in [0.29, 0.717) is 0 Å². The Labute approximate surface area is 114 Å². The van der Waals surface area contributed by atoms with E-state index in [9.17, 15) is 13.2 Å². The van der Waals surface area contributed by atoms with Crippen molar-refractivity contribution in [1.29, 1.82) is 0 Å². The van der Waals surface area contributed by atoms with Gasteiger partial charge in [0, 0.05) is 7.11 Å². The molecule has 5 nitrogen and oxygen atoms in total. The highest BCUT2D eigenvalue weighted by Crippen LogP contribution is 2.33. The molecule has 1 aromatic heterocycles. The molecular weight excluding hydrogens is 273 g/mol. The summed E-state index contributed by atoms with van der Waals surface area (Å²) in [4.78, 5) is 3.99. The van der Waals surface area contributed by atoms with Crippen LogP contribution in [0.1, 0.15) is 24.8 Å². The number of nitrogens with zero attached hydrogens (tertiary/aromatic N) is 1. The number of ether oxygens (including phenoxy) is 1. The highest BCUT2D eigenvalue weighted by atomic mass is 19.4. The molecule has 4 N–H and O–H groups in total. The lowest BCUT2D eigenvalue weighted by Crippen LogP contribution is -2.30. The number of nitrogens with one attached hydrogen (secondary N) is 2. The predicted molar refractivity (Wildman–Crippen MR) is 69.1 cm³/mol. The Morgan fingerprint density at radius 3 is 2.60 bits per heavy atom. The maximum Gasteiger partial charge on any atom is 0.416 e. The Hall–Kier alpha value is -1.54. The van der Waals surface area contributed by atoms with Gasteiger partial charge in [0.15, 0.2) is 0 Å². The number of alkyl halides is 3. The third-order valence-electron chi connectivity index (χ3n) is 3.39. The normalized spacial score (nSPS) is 22.9. The Morgan fingerprint density at radius 1 is 1.30 bits per heavy atom. The first-order chi connectivity index (χ1) is 9.44. The van der Waals surface area contributed by atoms with Crippen LogP contribution in [0.25, 0.3) is 0 Å². The molecule has 1 fully saturated rings. The lowest BCUT2D eigenvalue weighted by Gasteiger charge is -2.21. The number of methoxy groups -OCH3 is 1. The van der Waals surface area contributed by atoms with Crippen LogP contribution in [0.15, 0.2) is 12.1 Å². The summed E-state index contributed by atoms with van der Waals surface area (Å²) in [6, 6.07) is 1.81. The van der Waals surface area contributed by atoms with Crippen molar-refractivity contribution in [3.8, 4) is 0 Å². The van der Waals surface area contributed by atoms with Crippen molar-refractivity contribution in [2.24, 2.45) is 5.84 Å². The van der Waals surface area contributed by atoms with Gasteiger partial charge in [0.25, 0.3) is 0 Å². The first-order valence-corrected chi connectivity index (χ1v) is 6.29. The first-order valence-electron chi connectivity index (χ1n) is 6.29. The Balaban J connectivity index is 2.22. The lowest BCUT2D eigenvalue weighted by atomic mass is 10.2. The zero-order chi connectivity index (χ0) is 14.8. The minimum absolute atomic E-state index is 0.0133. The number of aromatic nitrogens is 1. The van der Waals surface area contributed by atoms with Gasteiger partial charge in [0.05, 0.1) is 17.7 Å². The van der Waals surface area contributed by atoms with E-state index in [1.165, 1.54) is 0 Å². The maximum atomic E-state index is 12.8. The number of nitrogen functional groups attached to an aromatic ring is 1. The Bertz CT molecular complexity index is 467. The molecule has 0 aliphatic heterocycles. The minimum Gasteiger partial charge on any atom is -0.379 e. The predicted octanol–water partition coefficient (Wildman–Crippen LogP) is 2.37. The monoisotopic (exact) mass is 290 g/mol. The molecule has 20 heavy (non-hydrogen) atoms. The molecule has 2 rings (SSSR count). The summed E-state index contributed by atoms with van der Waals surface area (Å²) < 4.78 is 43.7. The van der Waals surface area contributed by atoms with Gasteiger partial charge >= 0.3 is 6.18 Å². The molecule has 1 aliphatic rings. The van der Waals surface area contributed by atoms with Crippen LogP contribution in [-0.4, -0.2) is 24.2 Å². The van der Waals surface area contributed by atoms with E-state index < -0.39 is 11.7 Å². The summed E-state index contributed by atoms with van der Waals surface area (Å²) >= 11 is 0. The van der Waals surface area contributed by atoms with Gasteiger partial charge in [-0.1, -0.05) is 0 Å². The number of anilines is 2. The molecule has 1 aromatic rings. The number of nitrogens with two attached hydrogens (primary N) is 1. The first kappa shape index (κ1) is 14.9. The smallest absolute Gasteiger partial charge is 0.379 e.